The minimum Gasteiger partial charge on any atom is -0.378 e. The third-order valence-electron chi connectivity index (χ3n) is 3.01. The van der Waals surface area contributed by atoms with E-state index in [1.807, 2.05) is 25.1 Å². The number of anilines is 1. The van der Waals surface area contributed by atoms with Gasteiger partial charge in [-0.3, -0.25) is 0 Å². The number of nitrogens with one attached hydrogen (secondary N) is 1. The van der Waals surface area contributed by atoms with E-state index in [1.165, 1.54) is 12.1 Å². The molecule has 0 amide bonds. The fourth-order valence-corrected chi connectivity index (χ4v) is 1.88. The van der Waals surface area contributed by atoms with E-state index in [0.717, 1.165) is 5.56 Å². The molecule has 0 aliphatic heterocycles. The second-order valence-electron chi connectivity index (χ2n) is 4.41. The Labute approximate surface area is 116 Å². The molecule has 1 unspecified atom stereocenters. The van der Waals surface area contributed by atoms with Gasteiger partial charge in [0.2, 0.25) is 0 Å². The van der Waals surface area contributed by atoms with Gasteiger partial charge in [-0.15, -0.1) is 0 Å². The topological polar surface area (TPSA) is 59.6 Å². The van der Waals surface area contributed by atoms with Gasteiger partial charge in [-0.1, -0.05) is 12.1 Å². The molecule has 0 heterocycles. The third-order valence-corrected chi connectivity index (χ3v) is 3.01. The average molecular weight is 265 g/mol. The Hall–Kier alpha value is -2.85. The number of halogens is 1. The van der Waals surface area contributed by atoms with Gasteiger partial charge in [0.25, 0.3) is 0 Å². The van der Waals surface area contributed by atoms with Gasteiger partial charge < -0.3 is 5.32 Å². The molecule has 98 valence electrons. The van der Waals surface area contributed by atoms with Crippen molar-refractivity contribution in [2.75, 3.05) is 5.32 Å². The van der Waals surface area contributed by atoms with E-state index in [4.69, 9.17) is 10.5 Å². The molecule has 0 radical (unpaired) electrons. The van der Waals surface area contributed by atoms with E-state index in [-0.39, 0.29) is 11.6 Å². The molecule has 0 fully saturated rings. The maximum Gasteiger partial charge on any atom is 0.141 e. The number of benzene rings is 2. The summed E-state index contributed by atoms with van der Waals surface area (Å²) in [6.07, 6.45) is 0. The van der Waals surface area contributed by atoms with Gasteiger partial charge in [-0.2, -0.15) is 10.5 Å². The van der Waals surface area contributed by atoms with Crippen LogP contribution >= 0.6 is 0 Å². The highest BCUT2D eigenvalue weighted by molar-refractivity contribution is 5.51. The second-order valence-corrected chi connectivity index (χ2v) is 4.41. The van der Waals surface area contributed by atoms with E-state index in [2.05, 4.69) is 11.4 Å². The number of nitrogens with zero attached hydrogens (tertiary/aromatic N) is 2. The first-order chi connectivity index (χ1) is 9.63. The van der Waals surface area contributed by atoms with Crippen molar-refractivity contribution in [1.29, 1.82) is 10.5 Å². The predicted molar refractivity (Wildman–Crippen MR) is 74.3 cm³/mol. The Morgan fingerprint density at radius 2 is 1.75 bits per heavy atom. The van der Waals surface area contributed by atoms with Crippen LogP contribution in [0.4, 0.5) is 10.1 Å². The molecule has 4 heteroatoms. The molecule has 20 heavy (non-hydrogen) atoms. The normalized spacial score (nSPS) is 11.2. The van der Waals surface area contributed by atoms with E-state index in [0.29, 0.717) is 11.3 Å². The van der Waals surface area contributed by atoms with Crippen LogP contribution in [0.25, 0.3) is 0 Å². The van der Waals surface area contributed by atoms with Crippen molar-refractivity contribution in [2.45, 2.75) is 13.0 Å². The van der Waals surface area contributed by atoms with Crippen LogP contribution < -0.4 is 5.32 Å². The van der Waals surface area contributed by atoms with Crippen LogP contribution in [-0.4, -0.2) is 0 Å². The number of hydrogen-bond acceptors (Lipinski definition) is 3. The summed E-state index contributed by atoms with van der Waals surface area (Å²) in [5.41, 5.74) is 2.31. The number of hydrogen-bond donors (Lipinski definition) is 1. The fraction of sp³-hybridized carbons (Fsp3) is 0.125. The highest BCUT2D eigenvalue weighted by Crippen LogP contribution is 2.21. The number of nitriles is 2. The molecule has 0 aliphatic carbocycles. The van der Waals surface area contributed by atoms with Crippen molar-refractivity contribution in [1.82, 2.24) is 0 Å². The molecule has 0 spiro atoms. The summed E-state index contributed by atoms with van der Waals surface area (Å²) in [6, 6.07) is 15.4. The largest absolute Gasteiger partial charge is 0.378 e. The maximum atomic E-state index is 13.2. The highest BCUT2D eigenvalue weighted by atomic mass is 19.1. The average Bonchev–Trinajstić information content (AvgIpc) is 2.49. The molecule has 2 aromatic carbocycles. The van der Waals surface area contributed by atoms with E-state index < -0.39 is 5.82 Å². The Kier molecular flexibility index (Phi) is 3.98. The molecule has 3 nitrogen and oxygen atoms in total. The van der Waals surface area contributed by atoms with E-state index in [1.54, 1.807) is 18.2 Å². The van der Waals surface area contributed by atoms with Crippen molar-refractivity contribution in [3.05, 3.63) is 65.0 Å². The molecule has 0 saturated heterocycles. The molecule has 0 saturated carbocycles. The van der Waals surface area contributed by atoms with E-state index in [9.17, 15) is 4.39 Å². The summed E-state index contributed by atoms with van der Waals surface area (Å²) in [4.78, 5) is 0. The molecular weight excluding hydrogens is 253 g/mol. The zero-order valence-electron chi connectivity index (χ0n) is 10.9. The first-order valence-corrected chi connectivity index (χ1v) is 6.10. The highest BCUT2D eigenvalue weighted by Gasteiger charge is 2.07. The lowest BCUT2D eigenvalue weighted by Gasteiger charge is -2.16. The minimum atomic E-state index is -0.524. The predicted octanol–water partition coefficient (Wildman–Crippen LogP) is 3.74. The lowest BCUT2D eigenvalue weighted by molar-refractivity contribution is 0.624. The van der Waals surface area contributed by atoms with Crippen LogP contribution in [0.15, 0.2) is 42.5 Å². The standard InChI is InChI=1S/C16H12FN3/c1-11(13-4-2-12(9-18)3-5-13)20-15-6-7-16(17)14(8-15)10-19/h2-8,11,20H,1H3. The van der Waals surface area contributed by atoms with Gasteiger partial charge in [0.15, 0.2) is 0 Å². The van der Waals surface area contributed by atoms with Gasteiger partial charge in [-0.25, -0.2) is 4.39 Å². The summed E-state index contributed by atoms with van der Waals surface area (Å²) in [5.74, 6) is -0.524. The fourth-order valence-electron chi connectivity index (χ4n) is 1.88. The van der Waals surface area contributed by atoms with Crippen LogP contribution in [0.5, 0.6) is 0 Å². The lowest BCUT2D eigenvalue weighted by Crippen LogP contribution is -2.06. The first-order valence-electron chi connectivity index (χ1n) is 6.10. The lowest BCUT2D eigenvalue weighted by atomic mass is 10.1. The Balaban J connectivity index is 2.17. The Bertz CT molecular complexity index is 693. The quantitative estimate of drug-likeness (QED) is 0.919. The Morgan fingerprint density at radius 3 is 2.35 bits per heavy atom. The first kappa shape index (κ1) is 13.6. The van der Waals surface area contributed by atoms with Gasteiger partial charge in [0, 0.05) is 11.7 Å². The molecule has 0 aliphatic rings. The maximum absolute atomic E-state index is 13.2. The molecule has 1 N–H and O–H groups in total. The summed E-state index contributed by atoms with van der Waals surface area (Å²) in [7, 11) is 0. The van der Waals surface area contributed by atoms with Crippen LogP contribution in [0, 0.1) is 28.5 Å². The van der Waals surface area contributed by atoms with Crippen molar-refractivity contribution < 1.29 is 4.39 Å². The molecule has 2 aromatic rings. The molecular formula is C16H12FN3. The summed E-state index contributed by atoms with van der Waals surface area (Å²) in [6.45, 7) is 1.96. The minimum absolute atomic E-state index is 0.0141. The zero-order valence-corrected chi connectivity index (χ0v) is 10.9. The third kappa shape index (κ3) is 2.93. The van der Waals surface area contributed by atoms with Gasteiger partial charge in [0.05, 0.1) is 17.2 Å². The van der Waals surface area contributed by atoms with Crippen LogP contribution in [0.1, 0.15) is 29.7 Å². The second kappa shape index (κ2) is 5.86. The smallest absolute Gasteiger partial charge is 0.141 e. The van der Waals surface area contributed by atoms with Crippen LogP contribution in [0.2, 0.25) is 0 Å². The number of rotatable bonds is 3. The Morgan fingerprint density at radius 1 is 1.05 bits per heavy atom. The summed E-state index contributed by atoms with van der Waals surface area (Å²) >= 11 is 0. The van der Waals surface area contributed by atoms with Crippen molar-refractivity contribution in [3.63, 3.8) is 0 Å². The van der Waals surface area contributed by atoms with Crippen LogP contribution in [-0.2, 0) is 0 Å². The van der Waals surface area contributed by atoms with Crippen LogP contribution in [0.3, 0.4) is 0 Å². The van der Waals surface area contributed by atoms with Crippen molar-refractivity contribution >= 4 is 5.69 Å². The molecule has 0 aromatic heterocycles. The van der Waals surface area contributed by atoms with Crippen molar-refractivity contribution in [2.24, 2.45) is 0 Å². The van der Waals surface area contributed by atoms with Gasteiger partial charge >= 0.3 is 0 Å². The monoisotopic (exact) mass is 265 g/mol. The van der Waals surface area contributed by atoms with Gasteiger partial charge in [0.1, 0.15) is 11.9 Å². The zero-order chi connectivity index (χ0) is 14.5. The molecule has 2 rings (SSSR count). The molecule has 0 bridgehead atoms. The summed E-state index contributed by atoms with van der Waals surface area (Å²) < 4.78 is 13.2. The van der Waals surface area contributed by atoms with Crippen molar-refractivity contribution in [3.8, 4) is 12.1 Å². The SMILES string of the molecule is CC(Nc1ccc(F)c(C#N)c1)c1ccc(C#N)cc1. The van der Waals surface area contributed by atoms with Gasteiger partial charge in [-0.05, 0) is 42.8 Å². The molecule has 1 atom stereocenters. The summed E-state index contributed by atoms with van der Waals surface area (Å²) in [5, 5.41) is 20.8. The van der Waals surface area contributed by atoms with E-state index >= 15 is 0 Å².